The van der Waals surface area contributed by atoms with Gasteiger partial charge < -0.3 is 11.1 Å². The van der Waals surface area contributed by atoms with E-state index in [2.05, 4.69) is 12.2 Å². The quantitative estimate of drug-likeness (QED) is 0.850. The summed E-state index contributed by atoms with van der Waals surface area (Å²) in [7, 11) is 0. The molecule has 1 amide bonds. The number of hydrogen-bond acceptors (Lipinski definition) is 2. The summed E-state index contributed by atoms with van der Waals surface area (Å²) in [6.07, 6.45) is 1.51. The third-order valence-corrected chi connectivity index (χ3v) is 3.72. The van der Waals surface area contributed by atoms with Crippen LogP contribution in [0.5, 0.6) is 0 Å². The van der Waals surface area contributed by atoms with Gasteiger partial charge in [0.1, 0.15) is 5.54 Å². The fourth-order valence-electron chi connectivity index (χ4n) is 2.59. The van der Waals surface area contributed by atoms with Crippen molar-refractivity contribution in [3.63, 3.8) is 0 Å². The van der Waals surface area contributed by atoms with E-state index in [1.54, 1.807) is 0 Å². The summed E-state index contributed by atoms with van der Waals surface area (Å²) < 4.78 is 0. The fraction of sp³-hybridized carbons (Fsp3) is 0.278. The predicted molar refractivity (Wildman–Crippen MR) is 87.0 cm³/mol. The molecule has 2 aromatic rings. The van der Waals surface area contributed by atoms with Crippen LogP contribution in [0.1, 0.15) is 30.9 Å². The van der Waals surface area contributed by atoms with Crippen molar-refractivity contribution in [1.29, 1.82) is 0 Å². The molecule has 110 valence electrons. The second-order valence-corrected chi connectivity index (χ2v) is 5.38. The minimum atomic E-state index is -0.870. The Morgan fingerprint density at radius 3 is 2.24 bits per heavy atom. The molecule has 2 rings (SSSR count). The van der Waals surface area contributed by atoms with E-state index >= 15 is 0 Å². The topological polar surface area (TPSA) is 55.1 Å². The Bertz CT molecular complexity index is 592. The molecule has 0 heterocycles. The van der Waals surface area contributed by atoms with Crippen molar-refractivity contribution in [2.24, 2.45) is 5.73 Å². The molecule has 3 nitrogen and oxygen atoms in total. The summed E-state index contributed by atoms with van der Waals surface area (Å²) in [5.41, 5.74) is 7.88. The molecule has 0 aliphatic heterocycles. The number of primary amides is 1. The van der Waals surface area contributed by atoms with Gasteiger partial charge in [0, 0.05) is 5.69 Å². The molecule has 0 spiro atoms. The molecule has 1 atom stereocenters. The van der Waals surface area contributed by atoms with E-state index < -0.39 is 5.54 Å². The number of nitrogens with two attached hydrogens (primary N) is 1. The van der Waals surface area contributed by atoms with Gasteiger partial charge in [-0.15, -0.1) is 0 Å². The summed E-state index contributed by atoms with van der Waals surface area (Å²) in [6, 6.07) is 17.7. The SMILES string of the molecule is CCCC(Nc1ccc(C)cc1)(C(N)=O)c1ccccc1. The van der Waals surface area contributed by atoms with Gasteiger partial charge in [-0.25, -0.2) is 0 Å². The van der Waals surface area contributed by atoms with Crippen molar-refractivity contribution in [2.75, 3.05) is 5.32 Å². The van der Waals surface area contributed by atoms with Crippen LogP contribution in [0.3, 0.4) is 0 Å². The molecule has 0 aromatic heterocycles. The Kier molecular flexibility index (Phi) is 4.63. The average molecular weight is 282 g/mol. The summed E-state index contributed by atoms with van der Waals surface area (Å²) in [5.74, 6) is -0.351. The van der Waals surface area contributed by atoms with E-state index in [-0.39, 0.29) is 5.91 Å². The van der Waals surface area contributed by atoms with Crippen LogP contribution in [0.4, 0.5) is 5.69 Å². The highest BCUT2D eigenvalue weighted by molar-refractivity contribution is 5.89. The van der Waals surface area contributed by atoms with Gasteiger partial charge in [0.05, 0.1) is 0 Å². The van der Waals surface area contributed by atoms with Crippen LogP contribution in [0.2, 0.25) is 0 Å². The third kappa shape index (κ3) is 3.24. The average Bonchev–Trinajstić information content (AvgIpc) is 2.49. The highest BCUT2D eigenvalue weighted by atomic mass is 16.1. The van der Waals surface area contributed by atoms with Crippen molar-refractivity contribution in [3.8, 4) is 0 Å². The van der Waals surface area contributed by atoms with Crippen molar-refractivity contribution in [3.05, 3.63) is 65.7 Å². The third-order valence-electron chi connectivity index (χ3n) is 3.72. The number of anilines is 1. The van der Waals surface area contributed by atoms with Crippen LogP contribution < -0.4 is 11.1 Å². The van der Waals surface area contributed by atoms with Crippen LogP contribution in [0.25, 0.3) is 0 Å². The summed E-state index contributed by atoms with van der Waals surface area (Å²) in [6.45, 7) is 4.09. The van der Waals surface area contributed by atoms with Crippen molar-refractivity contribution in [1.82, 2.24) is 0 Å². The van der Waals surface area contributed by atoms with Crippen LogP contribution in [0.15, 0.2) is 54.6 Å². The van der Waals surface area contributed by atoms with E-state index in [9.17, 15) is 4.79 Å². The lowest BCUT2D eigenvalue weighted by molar-refractivity contribution is -0.122. The number of aryl methyl sites for hydroxylation is 1. The van der Waals surface area contributed by atoms with E-state index in [0.717, 1.165) is 17.7 Å². The number of amides is 1. The van der Waals surface area contributed by atoms with Gasteiger partial charge in [0.15, 0.2) is 0 Å². The zero-order valence-corrected chi connectivity index (χ0v) is 12.6. The van der Waals surface area contributed by atoms with Gasteiger partial charge in [-0.1, -0.05) is 61.4 Å². The predicted octanol–water partition coefficient (Wildman–Crippen LogP) is 3.59. The lowest BCUT2D eigenvalue weighted by Gasteiger charge is -2.33. The summed E-state index contributed by atoms with van der Waals surface area (Å²) in [4.78, 5) is 12.2. The van der Waals surface area contributed by atoms with Gasteiger partial charge in [0.2, 0.25) is 5.91 Å². The first kappa shape index (κ1) is 15.1. The van der Waals surface area contributed by atoms with Crippen LogP contribution in [-0.2, 0) is 10.3 Å². The van der Waals surface area contributed by atoms with E-state index in [1.807, 2.05) is 61.5 Å². The Morgan fingerprint density at radius 2 is 1.71 bits per heavy atom. The lowest BCUT2D eigenvalue weighted by Crippen LogP contribution is -2.47. The number of carbonyl (C=O) groups is 1. The molecule has 0 fully saturated rings. The first-order chi connectivity index (χ1) is 10.1. The summed E-state index contributed by atoms with van der Waals surface area (Å²) >= 11 is 0. The highest BCUT2D eigenvalue weighted by Gasteiger charge is 2.37. The minimum Gasteiger partial charge on any atom is -0.368 e. The lowest BCUT2D eigenvalue weighted by atomic mass is 9.84. The number of hydrogen-bond donors (Lipinski definition) is 2. The fourth-order valence-corrected chi connectivity index (χ4v) is 2.59. The first-order valence-corrected chi connectivity index (χ1v) is 7.29. The van der Waals surface area contributed by atoms with Gasteiger partial charge >= 0.3 is 0 Å². The number of rotatable bonds is 6. The summed E-state index contributed by atoms with van der Waals surface area (Å²) in [5, 5.41) is 3.36. The maximum atomic E-state index is 12.2. The van der Waals surface area contributed by atoms with E-state index in [4.69, 9.17) is 5.73 Å². The Hall–Kier alpha value is -2.29. The normalized spacial score (nSPS) is 13.4. The standard InChI is InChI=1S/C18H22N2O/c1-3-13-18(17(19)21,15-7-5-4-6-8-15)20-16-11-9-14(2)10-12-16/h4-12,20H,3,13H2,1-2H3,(H2,19,21). The molecule has 0 radical (unpaired) electrons. The molecule has 0 aliphatic rings. The molecule has 0 saturated carbocycles. The van der Waals surface area contributed by atoms with Crippen molar-refractivity contribution >= 4 is 11.6 Å². The zero-order valence-electron chi connectivity index (χ0n) is 12.6. The molecule has 3 N–H and O–H groups in total. The number of benzene rings is 2. The smallest absolute Gasteiger partial charge is 0.247 e. The van der Waals surface area contributed by atoms with Crippen LogP contribution in [-0.4, -0.2) is 5.91 Å². The molecule has 3 heteroatoms. The molecular weight excluding hydrogens is 260 g/mol. The first-order valence-electron chi connectivity index (χ1n) is 7.29. The van der Waals surface area contributed by atoms with Gasteiger partial charge in [0.25, 0.3) is 0 Å². The molecule has 1 unspecified atom stereocenters. The Morgan fingerprint density at radius 1 is 1.10 bits per heavy atom. The van der Waals surface area contributed by atoms with Gasteiger partial charge in [-0.2, -0.15) is 0 Å². The van der Waals surface area contributed by atoms with Crippen LogP contribution >= 0.6 is 0 Å². The molecule has 0 aliphatic carbocycles. The van der Waals surface area contributed by atoms with Gasteiger partial charge in [-0.3, -0.25) is 4.79 Å². The van der Waals surface area contributed by atoms with E-state index in [0.29, 0.717) is 6.42 Å². The van der Waals surface area contributed by atoms with Crippen molar-refractivity contribution in [2.45, 2.75) is 32.2 Å². The maximum absolute atomic E-state index is 12.2. The highest BCUT2D eigenvalue weighted by Crippen LogP contribution is 2.31. The van der Waals surface area contributed by atoms with Crippen LogP contribution in [0, 0.1) is 6.92 Å². The minimum absolute atomic E-state index is 0.351. The second kappa shape index (κ2) is 6.44. The molecule has 0 saturated heterocycles. The van der Waals surface area contributed by atoms with E-state index in [1.165, 1.54) is 5.56 Å². The molecule has 21 heavy (non-hydrogen) atoms. The second-order valence-electron chi connectivity index (χ2n) is 5.38. The molecular formula is C18H22N2O. The zero-order chi connectivity index (χ0) is 15.3. The molecule has 2 aromatic carbocycles. The Balaban J connectivity index is 2.44. The number of carbonyl (C=O) groups excluding carboxylic acids is 1. The number of nitrogens with one attached hydrogen (secondary N) is 1. The Labute approximate surface area is 126 Å². The maximum Gasteiger partial charge on any atom is 0.247 e. The molecule has 0 bridgehead atoms. The van der Waals surface area contributed by atoms with Crippen molar-refractivity contribution < 1.29 is 4.79 Å². The monoisotopic (exact) mass is 282 g/mol. The van der Waals surface area contributed by atoms with Gasteiger partial charge in [-0.05, 0) is 31.0 Å². The largest absolute Gasteiger partial charge is 0.368 e.